The van der Waals surface area contributed by atoms with Gasteiger partial charge in [-0.15, -0.1) is 0 Å². The van der Waals surface area contributed by atoms with E-state index in [0.29, 0.717) is 6.04 Å². The molecule has 0 aliphatic carbocycles. The molecule has 1 atom stereocenters. The van der Waals surface area contributed by atoms with Crippen LogP contribution in [0.2, 0.25) is 0 Å². The van der Waals surface area contributed by atoms with E-state index in [-0.39, 0.29) is 0 Å². The van der Waals surface area contributed by atoms with Crippen molar-refractivity contribution in [2.45, 2.75) is 25.4 Å². The first-order valence-corrected chi connectivity index (χ1v) is 6.32. The maximum absolute atomic E-state index is 4.42. The number of hydrogen-bond donors (Lipinski definition) is 1. The van der Waals surface area contributed by atoms with Crippen LogP contribution in [-0.4, -0.2) is 28.3 Å². The van der Waals surface area contributed by atoms with Crippen LogP contribution in [0.3, 0.4) is 0 Å². The third-order valence-corrected chi connectivity index (χ3v) is 3.79. The van der Waals surface area contributed by atoms with Crippen molar-refractivity contribution in [3.05, 3.63) is 18.0 Å². The molecule has 0 radical (unpaired) electrons. The lowest BCUT2D eigenvalue weighted by Gasteiger charge is -2.23. The molecular weight excluding hydrogens is 194 g/mol. The van der Waals surface area contributed by atoms with Crippen LogP contribution in [0.25, 0.3) is 0 Å². The molecule has 0 aromatic carbocycles. The summed E-state index contributed by atoms with van der Waals surface area (Å²) in [4.78, 5) is 0. The lowest BCUT2D eigenvalue weighted by Crippen LogP contribution is -2.21. The largest absolute Gasteiger partial charge is 0.314 e. The lowest BCUT2D eigenvalue weighted by molar-refractivity contribution is 0.436. The molecule has 1 unspecified atom stereocenters. The van der Waals surface area contributed by atoms with Crippen molar-refractivity contribution in [3.8, 4) is 0 Å². The molecule has 1 saturated heterocycles. The van der Waals surface area contributed by atoms with Crippen LogP contribution in [0.15, 0.2) is 12.3 Å². The van der Waals surface area contributed by atoms with Crippen molar-refractivity contribution in [2.24, 2.45) is 0 Å². The Bertz CT molecular complexity index is 279. The van der Waals surface area contributed by atoms with Crippen molar-refractivity contribution in [3.63, 3.8) is 0 Å². The fourth-order valence-corrected chi connectivity index (χ4v) is 3.03. The highest BCUT2D eigenvalue weighted by Gasteiger charge is 2.17. The van der Waals surface area contributed by atoms with Gasteiger partial charge in [0.25, 0.3) is 0 Å². The summed E-state index contributed by atoms with van der Waals surface area (Å²) in [5.74, 6) is 2.54. The lowest BCUT2D eigenvalue weighted by atomic mass is 10.2. The Balaban J connectivity index is 2.09. The minimum Gasteiger partial charge on any atom is -0.314 e. The highest BCUT2D eigenvalue weighted by Crippen LogP contribution is 2.27. The summed E-state index contributed by atoms with van der Waals surface area (Å²) in [5, 5.41) is 7.60. The van der Waals surface area contributed by atoms with Crippen LogP contribution in [0, 0.1) is 0 Å². The summed E-state index contributed by atoms with van der Waals surface area (Å²) in [6.45, 7) is 0.918. The molecule has 1 fully saturated rings. The summed E-state index contributed by atoms with van der Waals surface area (Å²) in [6, 6.07) is 2.72. The predicted molar refractivity (Wildman–Crippen MR) is 60.6 cm³/mol. The highest BCUT2D eigenvalue weighted by atomic mass is 32.2. The minimum absolute atomic E-state index is 0.618. The van der Waals surface area contributed by atoms with Crippen LogP contribution in [0.1, 0.15) is 24.6 Å². The molecule has 1 aliphatic rings. The zero-order valence-corrected chi connectivity index (χ0v) is 9.39. The smallest absolute Gasteiger partial charge is 0.0613 e. The average Bonchev–Trinajstić information content (AvgIpc) is 2.68. The van der Waals surface area contributed by atoms with Crippen LogP contribution in [0.5, 0.6) is 0 Å². The Morgan fingerprint density at radius 3 is 3.36 bits per heavy atom. The fraction of sp³-hybridized carbons (Fsp3) is 0.700. The second-order valence-corrected chi connectivity index (χ2v) is 4.82. The van der Waals surface area contributed by atoms with E-state index in [9.17, 15) is 0 Å². The fourth-order valence-electron chi connectivity index (χ4n) is 1.91. The normalized spacial score (nSPS) is 22.5. The van der Waals surface area contributed by atoms with Gasteiger partial charge in [-0.05, 0) is 31.7 Å². The van der Waals surface area contributed by atoms with Gasteiger partial charge in [-0.25, -0.2) is 0 Å². The number of nitrogens with one attached hydrogen (secondary N) is 1. The van der Waals surface area contributed by atoms with Crippen molar-refractivity contribution in [1.29, 1.82) is 0 Å². The van der Waals surface area contributed by atoms with Gasteiger partial charge in [0.05, 0.1) is 11.7 Å². The second-order valence-electron chi connectivity index (χ2n) is 3.67. The zero-order valence-electron chi connectivity index (χ0n) is 8.57. The van der Waals surface area contributed by atoms with Crippen LogP contribution >= 0.6 is 11.8 Å². The monoisotopic (exact) mass is 211 g/mol. The Hall–Kier alpha value is -0.480. The molecule has 14 heavy (non-hydrogen) atoms. The molecule has 4 heteroatoms. The van der Waals surface area contributed by atoms with Gasteiger partial charge in [0.2, 0.25) is 0 Å². The van der Waals surface area contributed by atoms with E-state index in [2.05, 4.69) is 21.2 Å². The quantitative estimate of drug-likeness (QED) is 0.825. The molecule has 1 aromatic rings. The van der Waals surface area contributed by atoms with Gasteiger partial charge in [-0.3, -0.25) is 4.68 Å². The van der Waals surface area contributed by atoms with E-state index in [0.717, 1.165) is 6.54 Å². The summed E-state index contributed by atoms with van der Waals surface area (Å²) < 4.78 is 2.20. The standard InChI is InChI=1S/C10H17N3S/c1-11-7-9-4-5-12-13(9)10-3-2-6-14-8-10/h4-5,10-11H,2-3,6-8H2,1H3. The molecule has 0 amide bonds. The van der Waals surface area contributed by atoms with Crippen LogP contribution < -0.4 is 5.32 Å². The van der Waals surface area contributed by atoms with E-state index < -0.39 is 0 Å². The number of aromatic nitrogens is 2. The summed E-state index contributed by atoms with van der Waals surface area (Å²) in [5.41, 5.74) is 1.31. The molecular formula is C10H17N3S. The Kier molecular flexibility index (Phi) is 3.48. The number of thioether (sulfide) groups is 1. The van der Waals surface area contributed by atoms with Crippen molar-refractivity contribution < 1.29 is 0 Å². The zero-order chi connectivity index (χ0) is 9.80. The van der Waals surface area contributed by atoms with E-state index >= 15 is 0 Å². The Labute approximate surface area is 89.3 Å². The maximum Gasteiger partial charge on any atom is 0.0613 e. The summed E-state index contributed by atoms with van der Waals surface area (Å²) in [7, 11) is 1.98. The molecule has 1 aliphatic heterocycles. The SMILES string of the molecule is CNCc1ccnn1C1CCCSC1. The van der Waals surface area contributed by atoms with E-state index in [1.165, 1.54) is 30.0 Å². The molecule has 0 bridgehead atoms. The first-order valence-electron chi connectivity index (χ1n) is 5.16. The maximum atomic E-state index is 4.42. The van der Waals surface area contributed by atoms with Gasteiger partial charge < -0.3 is 5.32 Å². The van der Waals surface area contributed by atoms with Crippen molar-refractivity contribution >= 4 is 11.8 Å². The summed E-state index contributed by atoms with van der Waals surface area (Å²) >= 11 is 2.05. The third kappa shape index (κ3) is 2.12. The van der Waals surface area contributed by atoms with Gasteiger partial charge in [-0.1, -0.05) is 0 Å². The van der Waals surface area contributed by atoms with Crippen LogP contribution in [0.4, 0.5) is 0 Å². The van der Waals surface area contributed by atoms with Crippen LogP contribution in [-0.2, 0) is 6.54 Å². The second kappa shape index (κ2) is 4.84. The molecule has 0 saturated carbocycles. The van der Waals surface area contributed by atoms with Gasteiger partial charge in [-0.2, -0.15) is 16.9 Å². The molecule has 78 valence electrons. The predicted octanol–water partition coefficient (Wildman–Crippen LogP) is 1.67. The summed E-state index contributed by atoms with van der Waals surface area (Å²) in [6.07, 6.45) is 4.52. The van der Waals surface area contributed by atoms with E-state index in [4.69, 9.17) is 0 Å². The molecule has 3 nitrogen and oxygen atoms in total. The van der Waals surface area contributed by atoms with E-state index in [1.54, 1.807) is 0 Å². The molecule has 1 N–H and O–H groups in total. The van der Waals surface area contributed by atoms with Gasteiger partial charge in [0, 0.05) is 18.5 Å². The third-order valence-electron chi connectivity index (χ3n) is 2.59. The molecule has 2 rings (SSSR count). The number of rotatable bonds is 3. The Morgan fingerprint density at radius 1 is 1.71 bits per heavy atom. The van der Waals surface area contributed by atoms with Gasteiger partial charge in [0.1, 0.15) is 0 Å². The Morgan fingerprint density at radius 2 is 2.64 bits per heavy atom. The molecule has 0 spiro atoms. The van der Waals surface area contributed by atoms with E-state index in [1.807, 2.05) is 25.0 Å². The molecule has 2 heterocycles. The minimum atomic E-state index is 0.618. The molecule has 1 aromatic heterocycles. The highest BCUT2D eigenvalue weighted by molar-refractivity contribution is 7.99. The topological polar surface area (TPSA) is 29.9 Å². The average molecular weight is 211 g/mol. The van der Waals surface area contributed by atoms with Crippen molar-refractivity contribution in [2.75, 3.05) is 18.6 Å². The van der Waals surface area contributed by atoms with Gasteiger partial charge >= 0.3 is 0 Å². The van der Waals surface area contributed by atoms with Crippen molar-refractivity contribution in [1.82, 2.24) is 15.1 Å². The first kappa shape index (κ1) is 10.1. The number of hydrogen-bond acceptors (Lipinski definition) is 3. The first-order chi connectivity index (χ1) is 6.92. The number of nitrogens with zero attached hydrogens (tertiary/aromatic N) is 2. The van der Waals surface area contributed by atoms with Gasteiger partial charge in [0.15, 0.2) is 0 Å².